The molecule has 16 heavy (non-hydrogen) atoms. The standard InChI is InChI=1S/C13H18N2O/c1-11(7-8-16-2)15-10-13-5-3-12(9-14)4-6-13/h3-6,11,15H,7-8,10H2,1-2H3. The van der Waals surface area contributed by atoms with Crippen LogP contribution >= 0.6 is 0 Å². The van der Waals surface area contributed by atoms with Gasteiger partial charge in [0.05, 0.1) is 11.6 Å². The van der Waals surface area contributed by atoms with E-state index in [1.165, 1.54) is 5.56 Å². The van der Waals surface area contributed by atoms with Crippen molar-refractivity contribution < 1.29 is 4.74 Å². The average molecular weight is 218 g/mol. The zero-order valence-electron chi connectivity index (χ0n) is 9.86. The lowest BCUT2D eigenvalue weighted by molar-refractivity contribution is 0.184. The summed E-state index contributed by atoms with van der Waals surface area (Å²) >= 11 is 0. The Labute approximate surface area is 97.0 Å². The van der Waals surface area contributed by atoms with Gasteiger partial charge in [0.15, 0.2) is 0 Å². The average Bonchev–Trinajstić information content (AvgIpc) is 2.34. The van der Waals surface area contributed by atoms with Crippen LogP contribution in [0.5, 0.6) is 0 Å². The van der Waals surface area contributed by atoms with E-state index in [9.17, 15) is 0 Å². The molecule has 0 aliphatic heterocycles. The Morgan fingerprint density at radius 2 is 2.06 bits per heavy atom. The molecule has 3 nitrogen and oxygen atoms in total. The summed E-state index contributed by atoms with van der Waals surface area (Å²) in [4.78, 5) is 0. The van der Waals surface area contributed by atoms with Crippen LogP contribution in [0.1, 0.15) is 24.5 Å². The van der Waals surface area contributed by atoms with Gasteiger partial charge in [0.2, 0.25) is 0 Å². The van der Waals surface area contributed by atoms with Gasteiger partial charge in [0.25, 0.3) is 0 Å². The van der Waals surface area contributed by atoms with Gasteiger partial charge in [0.1, 0.15) is 0 Å². The highest BCUT2D eigenvalue weighted by Crippen LogP contribution is 2.03. The van der Waals surface area contributed by atoms with Gasteiger partial charge < -0.3 is 10.1 Å². The van der Waals surface area contributed by atoms with E-state index in [0.717, 1.165) is 19.6 Å². The molecular weight excluding hydrogens is 200 g/mol. The first kappa shape index (κ1) is 12.7. The van der Waals surface area contributed by atoms with Crippen LogP contribution in [0.4, 0.5) is 0 Å². The molecule has 1 atom stereocenters. The van der Waals surface area contributed by atoms with E-state index >= 15 is 0 Å². The topological polar surface area (TPSA) is 45.0 Å². The van der Waals surface area contributed by atoms with Gasteiger partial charge in [0, 0.05) is 26.3 Å². The Bertz CT molecular complexity index is 340. The zero-order valence-corrected chi connectivity index (χ0v) is 9.86. The van der Waals surface area contributed by atoms with Crippen LogP contribution < -0.4 is 5.32 Å². The molecule has 86 valence electrons. The largest absolute Gasteiger partial charge is 0.385 e. The summed E-state index contributed by atoms with van der Waals surface area (Å²) in [6, 6.07) is 10.2. The van der Waals surface area contributed by atoms with Crippen molar-refractivity contribution >= 4 is 0 Å². The molecule has 0 radical (unpaired) electrons. The summed E-state index contributed by atoms with van der Waals surface area (Å²) in [6.07, 6.45) is 1.01. The highest BCUT2D eigenvalue weighted by molar-refractivity contribution is 5.31. The molecule has 1 aromatic carbocycles. The van der Waals surface area contributed by atoms with Gasteiger partial charge in [-0.15, -0.1) is 0 Å². The van der Waals surface area contributed by atoms with Crippen molar-refractivity contribution in [1.29, 1.82) is 5.26 Å². The first-order chi connectivity index (χ1) is 7.76. The van der Waals surface area contributed by atoms with E-state index in [4.69, 9.17) is 10.00 Å². The lowest BCUT2D eigenvalue weighted by Gasteiger charge is -2.13. The van der Waals surface area contributed by atoms with Crippen LogP contribution in [0, 0.1) is 11.3 Å². The van der Waals surface area contributed by atoms with Crippen LogP contribution in [-0.2, 0) is 11.3 Å². The summed E-state index contributed by atoms with van der Waals surface area (Å²) in [7, 11) is 1.72. The van der Waals surface area contributed by atoms with Crippen molar-refractivity contribution in [3.05, 3.63) is 35.4 Å². The van der Waals surface area contributed by atoms with Crippen LogP contribution in [0.2, 0.25) is 0 Å². The Kier molecular flexibility index (Phi) is 5.55. The summed E-state index contributed by atoms with van der Waals surface area (Å²) < 4.78 is 5.02. The lowest BCUT2D eigenvalue weighted by atomic mass is 10.1. The quantitative estimate of drug-likeness (QED) is 0.795. The number of nitrogens with one attached hydrogen (secondary N) is 1. The van der Waals surface area contributed by atoms with Gasteiger partial charge in [-0.05, 0) is 31.0 Å². The Balaban J connectivity index is 2.34. The molecule has 0 saturated carbocycles. The predicted molar refractivity (Wildman–Crippen MR) is 64.0 cm³/mol. The first-order valence-corrected chi connectivity index (χ1v) is 5.47. The Hall–Kier alpha value is -1.37. The maximum Gasteiger partial charge on any atom is 0.0991 e. The van der Waals surface area contributed by atoms with Gasteiger partial charge >= 0.3 is 0 Å². The fourth-order valence-electron chi connectivity index (χ4n) is 1.39. The molecule has 0 aliphatic carbocycles. The number of ether oxygens (including phenoxy) is 1. The molecule has 0 fully saturated rings. The van der Waals surface area contributed by atoms with Crippen molar-refractivity contribution in [2.24, 2.45) is 0 Å². The number of nitriles is 1. The van der Waals surface area contributed by atoms with E-state index in [2.05, 4.69) is 18.3 Å². The van der Waals surface area contributed by atoms with E-state index in [0.29, 0.717) is 11.6 Å². The van der Waals surface area contributed by atoms with Gasteiger partial charge in [-0.2, -0.15) is 5.26 Å². The predicted octanol–water partition coefficient (Wildman–Crippen LogP) is 2.07. The molecule has 0 spiro atoms. The van der Waals surface area contributed by atoms with Gasteiger partial charge in [-0.1, -0.05) is 12.1 Å². The second kappa shape index (κ2) is 7.00. The molecule has 0 saturated heterocycles. The van der Waals surface area contributed by atoms with Crippen LogP contribution in [0.15, 0.2) is 24.3 Å². The monoisotopic (exact) mass is 218 g/mol. The number of nitrogens with zero attached hydrogens (tertiary/aromatic N) is 1. The minimum absolute atomic E-state index is 0.440. The van der Waals surface area contributed by atoms with Crippen LogP contribution in [-0.4, -0.2) is 19.8 Å². The molecule has 0 heterocycles. The van der Waals surface area contributed by atoms with Crippen molar-refractivity contribution in [2.75, 3.05) is 13.7 Å². The van der Waals surface area contributed by atoms with Crippen molar-refractivity contribution in [2.45, 2.75) is 25.9 Å². The minimum atomic E-state index is 0.440. The molecule has 0 bridgehead atoms. The zero-order chi connectivity index (χ0) is 11.8. The normalized spacial score (nSPS) is 12.1. The van der Waals surface area contributed by atoms with E-state index < -0.39 is 0 Å². The number of hydrogen-bond acceptors (Lipinski definition) is 3. The molecule has 1 rings (SSSR count). The Morgan fingerprint density at radius 3 is 2.62 bits per heavy atom. The smallest absolute Gasteiger partial charge is 0.0991 e. The molecule has 1 aromatic rings. The van der Waals surface area contributed by atoms with Crippen molar-refractivity contribution in [3.63, 3.8) is 0 Å². The third kappa shape index (κ3) is 4.43. The van der Waals surface area contributed by atoms with Crippen molar-refractivity contribution in [3.8, 4) is 6.07 Å². The highest BCUT2D eigenvalue weighted by atomic mass is 16.5. The molecular formula is C13H18N2O. The first-order valence-electron chi connectivity index (χ1n) is 5.47. The molecule has 0 amide bonds. The van der Waals surface area contributed by atoms with E-state index in [1.54, 1.807) is 7.11 Å². The summed E-state index contributed by atoms with van der Waals surface area (Å²) in [5.74, 6) is 0. The number of benzene rings is 1. The van der Waals surface area contributed by atoms with Crippen LogP contribution in [0.25, 0.3) is 0 Å². The molecule has 0 aliphatic rings. The Morgan fingerprint density at radius 1 is 1.38 bits per heavy atom. The van der Waals surface area contributed by atoms with Gasteiger partial charge in [-0.25, -0.2) is 0 Å². The summed E-state index contributed by atoms with van der Waals surface area (Å²) in [5, 5.41) is 12.1. The van der Waals surface area contributed by atoms with Crippen molar-refractivity contribution in [1.82, 2.24) is 5.32 Å². The molecule has 3 heteroatoms. The summed E-state index contributed by atoms with van der Waals surface area (Å²) in [6.45, 7) is 3.75. The highest BCUT2D eigenvalue weighted by Gasteiger charge is 2.00. The van der Waals surface area contributed by atoms with E-state index in [1.807, 2.05) is 24.3 Å². The third-order valence-electron chi connectivity index (χ3n) is 2.49. The fraction of sp³-hybridized carbons (Fsp3) is 0.462. The van der Waals surface area contributed by atoms with Crippen LogP contribution in [0.3, 0.4) is 0 Å². The molecule has 0 aromatic heterocycles. The lowest BCUT2D eigenvalue weighted by Crippen LogP contribution is -2.26. The number of methoxy groups -OCH3 is 1. The molecule has 1 unspecified atom stereocenters. The number of rotatable bonds is 6. The SMILES string of the molecule is COCCC(C)NCc1ccc(C#N)cc1. The maximum absolute atomic E-state index is 8.66. The second-order valence-corrected chi connectivity index (χ2v) is 3.87. The number of hydrogen-bond donors (Lipinski definition) is 1. The fourth-order valence-corrected chi connectivity index (χ4v) is 1.39. The maximum atomic E-state index is 8.66. The third-order valence-corrected chi connectivity index (χ3v) is 2.49. The minimum Gasteiger partial charge on any atom is -0.385 e. The van der Waals surface area contributed by atoms with Gasteiger partial charge in [-0.3, -0.25) is 0 Å². The molecule has 1 N–H and O–H groups in total. The second-order valence-electron chi connectivity index (χ2n) is 3.87. The summed E-state index contributed by atoms with van der Waals surface area (Å²) in [5.41, 5.74) is 1.90. The van der Waals surface area contributed by atoms with E-state index in [-0.39, 0.29) is 0 Å².